The Labute approximate surface area is 112 Å². The van der Waals surface area contributed by atoms with Gasteiger partial charge >= 0.3 is 0 Å². The van der Waals surface area contributed by atoms with Gasteiger partial charge in [-0.15, -0.1) is 0 Å². The van der Waals surface area contributed by atoms with E-state index in [0.717, 1.165) is 17.7 Å². The third-order valence-electron chi connectivity index (χ3n) is 2.55. The third-order valence-corrected chi connectivity index (χ3v) is 3.01. The van der Waals surface area contributed by atoms with Gasteiger partial charge in [0.25, 0.3) is 0 Å². The van der Waals surface area contributed by atoms with Crippen LogP contribution in [0.2, 0.25) is 0 Å². The fourth-order valence-electron chi connectivity index (χ4n) is 1.61. The minimum absolute atomic E-state index is 0.262. The van der Waals surface area contributed by atoms with Crippen LogP contribution in [0.5, 0.6) is 0 Å². The molecular formula is C14H9BrF2O. The van der Waals surface area contributed by atoms with Crippen LogP contribution in [-0.4, -0.2) is 5.78 Å². The normalized spacial score (nSPS) is 10.4. The van der Waals surface area contributed by atoms with Crippen LogP contribution in [0.15, 0.2) is 40.9 Å². The molecule has 4 heteroatoms. The molecule has 1 nitrogen and oxygen atoms in total. The van der Waals surface area contributed by atoms with Gasteiger partial charge in [-0.3, -0.25) is 4.79 Å². The first-order valence-corrected chi connectivity index (χ1v) is 6.04. The highest BCUT2D eigenvalue weighted by molar-refractivity contribution is 9.10. The van der Waals surface area contributed by atoms with E-state index in [1.165, 1.54) is 0 Å². The number of aryl methyl sites for hydroxylation is 1. The summed E-state index contributed by atoms with van der Waals surface area (Å²) >= 11 is 2.97. The van der Waals surface area contributed by atoms with Crippen molar-refractivity contribution < 1.29 is 13.6 Å². The fourth-order valence-corrected chi connectivity index (χ4v) is 2.01. The first kappa shape index (κ1) is 12.9. The maximum atomic E-state index is 13.6. The molecule has 18 heavy (non-hydrogen) atoms. The first-order valence-electron chi connectivity index (χ1n) is 5.25. The fraction of sp³-hybridized carbons (Fsp3) is 0.0714. The van der Waals surface area contributed by atoms with E-state index in [0.29, 0.717) is 0 Å². The second-order valence-electron chi connectivity index (χ2n) is 3.94. The van der Waals surface area contributed by atoms with Crippen LogP contribution >= 0.6 is 15.9 Å². The Bertz CT molecular complexity index is 583. The van der Waals surface area contributed by atoms with Gasteiger partial charge < -0.3 is 0 Å². The molecule has 0 bridgehead atoms. The molecule has 2 aromatic rings. The van der Waals surface area contributed by atoms with Crippen molar-refractivity contribution in [2.45, 2.75) is 6.92 Å². The number of hydrogen-bond donors (Lipinski definition) is 0. The number of halogens is 3. The lowest BCUT2D eigenvalue weighted by Gasteiger charge is -2.05. The number of ketones is 1. The SMILES string of the molecule is Cc1ccc(C(=O)c2c(F)cc(Br)cc2F)cc1. The van der Waals surface area contributed by atoms with Gasteiger partial charge in [-0.1, -0.05) is 45.8 Å². The van der Waals surface area contributed by atoms with Crippen LogP contribution in [0.25, 0.3) is 0 Å². The molecule has 0 N–H and O–H groups in total. The average Bonchev–Trinajstić information content (AvgIpc) is 2.28. The van der Waals surface area contributed by atoms with Crippen molar-refractivity contribution in [1.82, 2.24) is 0 Å². The molecule has 0 aromatic heterocycles. The zero-order valence-electron chi connectivity index (χ0n) is 9.51. The van der Waals surface area contributed by atoms with Gasteiger partial charge in [-0.05, 0) is 19.1 Å². The Morgan fingerprint density at radius 2 is 1.56 bits per heavy atom. The molecule has 92 valence electrons. The van der Waals surface area contributed by atoms with E-state index in [2.05, 4.69) is 15.9 Å². The highest BCUT2D eigenvalue weighted by Crippen LogP contribution is 2.22. The molecule has 0 aliphatic heterocycles. The predicted octanol–water partition coefficient (Wildman–Crippen LogP) is 4.27. The topological polar surface area (TPSA) is 17.1 Å². The van der Waals surface area contributed by atoms with E-state index in [1.807, 2.05) is 6.92 Å². The summed E-state index contributed by atoms with van der Waals surface area (Å²) < 4.78 is 27.5. The van der Waals surface area contributed by atoms with Crippen molar-refractivity contribution in [2.24, 2.45) is 0 Å². The second kappa shape index (κ2) is 4.98. The van der Waals surface area contributed by atoms with E-state index in [4.69, 9.17) is 0 Å². The molecule has 0 radical (unpaired) electrons. The molecule has 0 atom stereocenters. The van der Waals surface area contributed by atoms with Crippen molar-refractivity contribution in [3.05, 3.63) is 69.2 Å². The first-order chi connectivity index (χ1) is 8.49. The maximum absolute atomic E-state index is 13.6. The van der Waals surface area contributed by atoms with E-state index in [-0.39, 0.29) is 10.0 Å². The smallest absolute Gasteiger partial charge is 0.198 e. The van der Waals surface area contributed by atoms with Gasteiger partial charge in [0.15, 0.2) is 5.78 Å². The van der Waals surface area contributed by atoms with E-state index >= 15 is 0 Å². The Kier molecular flexibility index (Phi) is 3.57. The van der Waals surface area contributed by atoms with Crippen molar-refractivity contribution in [1.29, 1.82) is 0 Å². The summed E-state index contributed by atoms with van der Waals surface area (Å²) in [5.74, 6) is -2.39. The Morgan fingerprint density at radius 1 is 1.06 bits per heavy atom. The van der Waals surface area contributed by atoms with Gasteiger partial charge in [-0.25, -0.2) is 8.78 Å². The number of rotatable bonds is 2. The molecule has 2 aromatic carbocycles. The number of hydrogen-bond acceptors (Lipinski definition) is 1. The van der Waals surface area contributed by atoms with E-state index in [9.17, 15) is 13.6 Å². The lowest BCUT2D eigenvalue weighted by Crippen LogP contribution is -2.07. The minimum atomic E-state index is -0.868. The lowest BCUT2D eigenvalue weighted by atomic mass is 10.0. The van der Waals surface area contributed by atoms with Crippen LogP contribution in [0.1, 0.15) is 21.5 Å². The monoisotopic (exact) mass is 310 g/mol. The molecule has 0 amide bonds. The van der Waals surface area contributed by atoms with E-state index in [1.54, 1.807) is 24.3 Å². The molecule has 2 rings (SSSR count). The van der Waals surface area contributed by atoms with Crippen LogP contribution in [0.3, 0.4) is 0 Å². The highest BCUT2D eigenvalue weighted by Gasteiger charge is 2.19. The molecule has 0 saturated heterocycles. The van der Waals surface area contributed by atoms with Crippen LogP contribution in [0.4, 0.5) is 8.78 Å². The Hall–Kier alpha value is -1.55. The van der Waals surface area contributed by atoms with Gasteiger partial charge in [0, 0.05) is 10.0 Å². The molecule has 0 unspecified atom stereocenters. The number of carbonyl (C=O) groups is 1. The van der Waals surface area contributed by atoms with Crippen LogP contribution in [-0.2, 0) is 0 Å². The van der Waals surface area contributed by atoms with Crippen molar-refractivity contribution in [3.63, 3.8) is 0 Å². The molecule has 0 aliphatic carbocycles. The molecule has 0 fully saturated rings. The summed E-state index contributed by atoms with van der Waals surface area (Å²) in [4.78, 5) is 12.0. The van der Waals surface area contributed by atoms with Gasteiger partial charge in [0.1, 0.15) is 11.6 Å². The maximum Gasteiger partial charge on any atom is 0.198 e. The van der Waals surface area contributed by atoms with Crippen molar-refractivity contribution >= 4 is 21.7 Å². The third kappa shape index (κ3) is 2.48. The van der Waals surface area contributed by atoms with Gasteiger partial charge in [0.2, 0.25) is 0 Å². The van der Waals surface area contributed by atoms with Crippen molar-refractivity contribution in [2.75, 3.05) is 0 Å². The van der Waals surface area contributed by atoms with Crippen LogP contribution in [0, 0.1) is 18.6 Å². The summed E-state index contributed by atoms with van der Waals surface area (Å²) in [6.07, 6.45) is 0. The zero-order valence-corrected chi connectivity index (χ0v) is 11.1. The molecule has 0 spiro atoms. The Balaban J connectivity index is 2.49. The largest absolute Gasteiger partial charge is 0.288 e. The van der Waals surface area contributed by atoms with Gasteiger partial charge in [-0.2, -0.15) is 0 Å². The summed E-state index contributed by atoms with van der Waals surface area (Å²) in [6, 6.07) is 8.70. The summed E-state index contributed by atoms with van der Waals surface area (Å²) in [7, 11) is 0. The highest BCUT2D eigenvalue weighted by atomic mass is 79.9. The quantitative estimate of drug-likeness (QED) is 0.757. The average molecular weight is 311 g/mol. The predicted molar refractivity (Wildman–Crippen MR) is 68.7 cm³/mol. The summed E-state index contributed by atoms with van der Waals surface area (Å²) in [5, 5.41) is 0. The molecule has 0 heterocycles. The van der Waals surface area contributed by atoms with Crippen molar-refractivity contribution in [3.8, 4) is 0 Å². The molecule has 0 saturated carbocycles. The molecular weight excluding hydrogens is 302 g/mol. The summed E-state index contributed by atoms with van der Waals surface area (Å²) in [6.45, 7) is 1.87. The molecule has 0 aliphatic rings. The van der Waals surface area contributed by atoms with Crippen LogP contribution < -0.4 is 0 Å². The minimum Gasteiger partial charge on any atom is -0.288 e. The zero-order chi connectivity index (χ0) is 13.3. The second-order valence-corrected chi connectivity index (χ2v) is 4.86. The standard InChI is InChI=1S/C14H9BrF2O/c1-8-2-4-9(5-3-8)14(18)13-11(16)6-10(15)7-12(13)17/h2-7H,1H3. The number of benzene rings is 2. The Morgan fingerprint density at radius 3 is 2.06 bits per heavy atom. The number of carbonyl (C=O) groups excluding carboxylic acids is 1. The van der Waals surface area contributed by atoms with E-state index < -0.39 is 23.0 Å². The summed E-state index contributed by atoms with van der Waals surface area (Å²) in [5.41, 5.74) is 0.714. The van der Waals surface area contributed by atoms with Gasteiger partial charge in [0.05, 0.1) is 5.56 Å². The lowest BCUT2D eigenvalue weighted by molar-refractivity contribution is 0.103.